The van der Waals surface area contributed by atoms with Crippen LogP contribution < -0.4 is 4.74 Å². The van der Waals surface area contributed by atoms with Crippen LogP contribution in [0.4, 0.5) is 0 Å². The van der Waals surface area contributed by atoms with Crippen molar-refractivity contribution < 1.29 is 9.47 Å². The third kappa shape index (κ3) is 4.38. The number of hydrogen-bond donors (Lipinski definition) is 0. The van der Waals surface area contributed by atoms with Gasteiger partial charge in [0.2, 0.25) is 5.90 Å². The van der Waals surface area contributed by atoms with E-state index in [0.717, 1.165) is 56.0 Å². The molecule has 2 atom stereocenters. The average Bonchev–Trinajstić information content (AvgIpc) is 3.70. The van der Waals surface area contributed by atoms with E-state index in [1.165, 1.54) is 22.0 Å². The first-order valence-electron chi connectivity index (χ1n) is 16.6. The van der Waals surface area contributed by atoms with Crippen molar-refractivity contribution in [3.63, 3.8) is 0 Å². The molecule has 5 aromatic carbocycles. The highest BCUT2D eigenvalue weighted by Crippen LogP contribution is 2.49. The Labute approximate surface area is 280 Å². The smallest absolute Gasteiger partial charge is 0.217 e. The largest absolute Gasteiger partial charge is 0.467 e. The van der Waals surface area contributed by atoms with E-state index in [1.807, 2.05) is 30.5 Å². The van der Waals surface area contributed by atoms with E-state index in [-0.39, 0.29) is 17.6 Å². The van der Waals surface area contributed by atoms with Crippen molar-refractivity contribution in [3.8, 4) is 17.2 Å². The van der Waals surface area contributed by atoms with Gasteiger partial charge in [0.15, 0.2) is 6.10 Å². The van der Waals surface area contributed by atoms with E-state index < -0.39 is 0 Å². The molecule has 2 aromatic heterocycles. The average molecular weight is 626 g/mol. The van der Waals surface area contributed by atoms with E-state index in [0.29, 0.717) is 5.90 Å². The van der Waals surface area contributed by atoms with Gasteiger partial charge in [-0.2, -0.15) is 0 Å². The van der Waals surface area contributed by atoms with Gasteiger partial charge in [0.1, 0.15) is 23.2 Å². The molecule has 5 nitrogen and oxygen atoms in total. The van der Waals surface area contributed by atoms with E-state index in [1.54, 1.807) is 0 Å². The maximum Gasteiger partial charge on any atom is 0.217 e. The minimum absolute atomic E-state index is 0.149. The van der Waals surface area contributed by atoms with E-state index in [4.69, 9.17) is 19.5 Å². The third-order valence-electron chi connectivity index (χ3n) is 10.0. The van der Waals surface area contributed by atoms with Crippen LogP contribution in [0.25, 0.3) is 27.6 Å². The number of fused-ring (bicyclic) bond motifs is 5. The van der Waals surface area contributed by atoms with Gasteiger partial charge in [-0.3, -0.25) is 4.57 Å². The number of aliphatic imine (C=N–C) groups is 1. The molecule has 0 N–H and O–H groups in total. The number of hydrogen-bond acceptors (Lipinski definition) is 4. The molecule has 9 rings (SSSR count). The van der Waals surface area contributed by atoms with Crippen molar-refractivity contribution in [2.24, 2.45) is 4.99 Å². The van der Waals surface area contributed by atoms with E-state index in [2.05, 4.69) is 129 Å². The Balaban J connectivity index is 1.13. The van der Waals surface area contributed by atoms with Gasteiger partial charge in [0.05, 0.1) is 11.2 Å². The topological polar surface area (TPSA) is 48.6 Å². The Bertz CT molecular complexity index is 2410. The molecule has 0 bridgehead atoms. The summed E-state index contributed by atoms with van der Waals surface area (Å²) >= 11 is 0. The summed E-state index contributed by atoms with van der Waals surface area (Å²) < 4.78 is 15.8. The number of ether oxygens (including phenoxy) is 2. The second-order valence-corrected chi connectivity index (χ2v) is 13.5. The van der Waals surface area contributed by atoms with Crippen molar-refractivity contribution in [3.05, 3.63) is 166 Å². The minimum atomic E-state index is -0.218. The van der Waals surface area contributed by atoms with E-state index >= 15 is 0 Å². The standard InChI is InChI=1S/C43H35N3O2/c1-26-21-30(42-45-38(28-13-7-5-8-14-28)40(48-42)29-15-9-6-10-16-29)24-31(22-26)47-37-25-36-35(23-27(37)2)43(3,4)34-19-11-17-32-33-18-12-20-44-41(33)46(36)39(32)34/h5-25,38,40H,1-4H3/t38-,40-/m1/s1. The summed E-state index contributed by atoms with van der Waals surface area (Å²) in [5.41, 5.74) is 10.9. The Kier molecular flexibility index (Phi) is 6.35. The summed E-state index contributed by atoms with van der Waals surface area (Å²) in [6.45, 7) is 8.85. The van der Waals surface area contributed by atoms with Crippen LogP contribution in [0, 0.1) is 13.8 Å². The number of benzene rings is 5. The number of para-hydroxylation sites is 1. The summed E-state index contributed by atoms with van der Waals surface area (Å²) in [5, 5.41) is 2.38. The summed E-state index contributed by atoms with van der Waals surface area (Å²) in [5.74, 6) is 2.18. The number of aryl methyl sites for hydroxylation is 2. The van der Waals surface area contributed by atoms with Crippen LogP contribution in [0.1, 0.15) is 64.9 Å². The van der Waals surface area contributed by atoms with Crippen molar-refractivity contribution in [1.29, 1.82) is 0 Å². The maximum absolute atomic E-state index is 6.78. The summed E-state index contributed by atoms with van der Waals surface area (Å²) in [7, 11) is 0. The fourth-order valence-corrected chi connectivity index (χ4v) is 7.65. The third-order valence-corrected chi connectivity index (χ3v) is 10.0. The lowest BCUT2D eigenvalue weighted by molar-refractivity contribution is 0.197. The highest BCUT2D eigenvalue weighted by molar-refractivity contribution is 6.10. The highest BCUT2D eigenvalue weighted by Gasteiger charge is 2.37. The molecule has 0 saturated carbocycles. The zero-order valence-corrected chi connectivity index (χ0v) is 27.4. The lowest BCUT2D eigenvalue weighted by Gasteiger charge is -2.35. The van der Waals surface area contributed by atoms with Crippen LogP contribution in [0.15, 0.2) is 133 Å². The minimum Gasteiger partial charge on any atom is -0.467 e. The van der Waals surface area contributed by atoms with Crippen molar-refractivity contribution >= 4 is 27.8 Å². The van der Waals surface area contributed by atoms with E-state index in [9.17, 15) is 0 Å². The van der Waals surface area contributed by atoms with Crippen molar-refractivity contribution in [2.45, 2.75) is 45.3 Å². The zero-order valence-electron chi connectivity index (χ0n) is 27.4. The van der Waals surface area contributed by atoms with Crippen LogP contribution >= 0.6 is 0 Å². The van der Waals surface area contributed by atoms with Gasteiger partial charge in [0, 0.05) is 34.0 Å². The highest BCUT2D eigenvalue weighted by atomic mass is 16.5. The molecule has 2 aliphatic rings. The van der Waals surface area contributed by atoms with Crippen LogP contribution in [-0.4, -0.2) is 15.4 Å². The molecule has 4 heterocycles. The quantitative estimate of drug-likeness (QED) is 0.191. The molecule has 0 unspecified atom stereocenters. The van der Waals surface area contributed by atoms with Crippen LogP contribution in [0.5, 0.6) is 11.5 Å². The molecule has 2 aliphatic heterocycles. The lowest BCUT2D eigenvalue weighted by Crippen LogP contribution is -2.26. The number of pyridine rings is 1. The molecule has 7 aromatic rings. The predicted octanol–water partition coefficient (Wildman–Crippen LogP) is 10.5. The first-order chi connectivity index (χ1) is 23.4. The monoisotopic (exact) mass is 625 g/mol. The second kappa shape index (κ2) is 10.7. The van der Waals surface area contributed by atoms with Gasteiger partial charge in [-0.25, -0.2) is 9.98 Å². The summed E-state index contributed by atoms with van der Waals surface area (Å²) in [6.07, 6.45) is 1.66. The van der Waals surface area contributed by atoms with Crippen LogP contribution in [0.2, 0.25) is 0 Å². The molecule has 0 fully saturated rings. The molecule has 0 saturated heterocycles. The molecule has 5 heteroatoms. The normalized spacial score (nSPS) is 17.6. The van der Waals surface area contributed by atoms with Gasteiger partial charge in [-0.15, -0.1) is 0 Å². The molecule has 0 radical (unpaired) electrons. The van der Waals surface area contributed by atoms with Gasteiger partial charge in [-0.05, 0) is 83.6 Å². The summed E-state index contributed by atoms with van der Waals surface area (Å²) in [6, 6.07) is 42.1. The Morgan fingerprint density at radius 3 is 2.27 bits per heavy atom. The first-order valence-corrected chi connectivity index (χ1v) is 16.6. The fourth-order valence-electron chi connectivity index (χ4n) is 7.65. The van der Waals surface area contributed by atoms with Gasteiger partial charge in [0.25, 0.3) is 0 Å². The molecular weight excluding hydrogens is 590 g/mol. The Hall–Kier alpha value is -5.68. The fraction of sp³-hybridized carbons (Fsp3) is 0.163. The molecule has 48 heavy (non-hydrogen) atoms. The SMILES string of the molecule is Cc1cc(Oc2cc3c(cc2C)C(C)(C)c2cccc4c5cccnc5n-3c24)cc(C2=N[C@H](c3ccccc3)[C@@H](c3ccccc3)O2)c1. The second-order valence-electron chi connectivity index (χ2n) is 13.5. The molecule has 234 valence electrons. The van der Waals surface area contributed by atoms with Crippen LogP contribution in [-0.2, 0) is 10.2 Å². The van der Waals surface area contributed by atoms with Gasteiger partial charge >= 0.3 is 0 Å². The number of aromatic nitrogens is 2. The summed E-state index contributed by atoms with van der Waals surface area (Å²) in [4.78, 5) is 10.0. The molecular formula is C43H35N3O2. The molecule has 0 aliphatic carbocycles. The Morgan fingerprint density at radius 2 is 1.48 bits per heavy atom. The van der Waals surface area contributed by atoms with Crippen molar-refractivity contribution in [1.82, 2.24) is 9.55 Å². The predicted molar refractivity (Wildman–Crippen MR) is 193 cm³/mol. The van der Waals surface area contributed by atoms with Crippen molar-refractivity contribution in [2.75, 3.05) is 0 Å². The zero-order chi connectivity index (χ0) is 32.6. The van der Waals surface area contributed by atoms with Gasteiger partial charge in [-0.1, -0.05) is 92.7 Å². The maximum atomic E-state index is 6.78. The number of rotatable bonds is 5. The van der Waals surface area contributed by atoms with Crippen LogP contribution in [0.3, 0.4) is 0 Å². The lowest BCUT2D eigenvalue weighted by atomic mass is 9.74. The van der Waals surface area contributed by atoms with Gasteiger partial charge < -0.3 is 9.47 Å². The Morgan fingerprint density at radius 1 is 0.729 bits per heavy atom. The molecule has 0 amide bonds. The molecule has 0 spiro atoms. The number of nitrogens with zero attached hydrogens (tertiary/aromatic N) is 3. The first kappa shape index (κ1) is 28.5.